The van der Waals surface area contributed by atoms with Crippen LogP contribution in [0.3, 0.4) is 0 Å². The van der Waals surface area contributed by atoms with E-state index in [2.05, 4.69) is 20.5 Å². The molecule has 1 amide bonds. The predicted molar refractivity (Wildman–Crippen MR) is 128 cm³/mol. The van der Waals surface area contributed by atoms with Crippen LogP contribution in [-0.2, 0) is 11.3 Å². The lowest BCUT2D eigenvalue weighted by Crippen LogP contribution is -2.14. The molecule has 31 heavy (non-hydrogen) atoms. The van der Waals surface area contributed by atoms with Gasteiger partial charge in [-0.25, -0.2) is 4.98 Å². The molecule has 10 heteroatoms. The Morgan fingerprint density at radius 2 is 1.90 bits per heavy atom. The Morgan fingerprint density at radius 1 is 1.10 bits per heavy atom. The lowest BCUT2D eigenvalue weighted by molar-refractivity contribution is -0.113. The first-order valence-corrected chi connectivity index (χ1v) is 12.0. The van der Waals surface area contributed by atoms with Crippen LogP contribution in [-0.4, -0.2) is 31.4 Å². The molecule has 2 aromatic heterocycles. The second-order valence-electron chi connectivity index (χ2n) is 6.42. The number of thiazole rings is 1. The third-order valence-corrected chi connectivity index (χ3v) is 6.83. The minimum atomic E-state index is -0.152. The van der Waals surface area contributed by atoms with Crippen molar-refractivity contribution in [3.05, 3.63) is 64.0 Å². The number of benzene rings is 2. The number of carbonyl (C=O) groups is 1. The van der Waals surface area contributed by atoms with Gasteiger partial charge in [-0.15, -0.1) is 21.5 Å². The molecule has 1 N–H and O–H groups in total. The van der Waals surface area contributed by atoms with Crippen LogP contribution in [0.2, 0.25) is 10.0 Å². The van der Waals surface area contributed by atoms with Gasteiger partial charge < -0.3 is 9.88 Å². The molecule has 2 aromatic carbocycles. The summed E-state index contributed by atoms with van der Waals surface area (Å²) in [6.45, 7) is 2.65. The van der Waals surface area contributed by atoms with Crippen LogP contribution in [0.1, 0.15) is 6.92 Å². The zero-order valence-electron chi connectivity index (χ0n) is 16.4. The van der Waals surface area contributed by atoms with Crippen LogP contribution in [0.25, 0.3) is 22.6 Å². The normalized spacial score (nSPS) is 10.9. The largest absolute Gasteiger partial charge is 0.302 e. The summed E-state index contributed by atoms with van der Waals surface area (Å²) in [7, 11) is 0. The van der Waals surface area contributed by atoms with Gasteiger partial charge in [0.05, 0.1) is 21.5 Å². The number of aromatic nitrogens is 4. The number of hydrogen-bond donors (Lipinski definition) is 1. The molecule has 4 rings (SSSR count). The van der Waals surface area contributed by atoms with Crippen LogP contribution < -0.4 is 5.32 Å². The van der Waals surface area contributed by atoms with Gasteiger partial charge in [-0.3, -0.25) is 4.79 Å². The van der Waals surface area contributed by atoms with Crippen LogP contribution >= 0.6 is 46.3 Å². The predicted octanol–water partition coefficient (Wildman–Crippen LogP) is 6.13. The van der Waals surface area contributed by atoms with Crippen LogP contribution in [0.4, 0.5) is 5.13 Å². The van der Waals surface area contributed by atoms with Gasteiger partial charge in [-0.1, -0.05) is 65.3 Å². The topological polar surface area (TPSA) is 72.7 Å². The van der Waals surface area contributed by atoms with Gasteiger partial charge in [0.2, 0.25) is 5.91 Å². The molecule has 0 bridgehead atoms. The van der Waals surface area contributed by atoms with E-state index >= 15 is 0 Å². The monoisotopic (exact) mass is 489 g/mol. The van der Waals surface area contributed by atoms with E-state index in [1.165, 1.54) is 23.1 Å². The Morgan fingerprint density at radius 3 is 2.65 bits per heavy atom. The van der Waals surface area contributed by atoms with Crippen molar-refractivity contribution in [1.29, 1.82) is 0 Å². The number of rotatable bonds is 7. The second-order valence-corrected chi connectivity index (χ2v) is 9.04. The quantitative estimate of drug-likeness (QED) is 0.316. The highest BCUT2D eigenvalue weighted by Gasteiger charge is 2.16. The van der Waals surface area contributed by atoms with Gasteiger partial charge in [0.1, 0.15) is 0 Å². The number of anilines is 1. The van der Waals surface area contributed by atoms with Crippen molar-refractivity contribution >= 4 is 57.3 Å². The molecular formula is C21H17Cl2N5OS2. The Labute approximate surface area is 197 Å². The molecule has 2 heterocycles. The smallest absolute Gasteiger partial charge is 0.236 e. The first kappa shape index (κ1) is 21.8. The fourth-order valence-electron chi connectivity index (χ4n) is 2.89. The second kappa shape index (κ2) is 9.82. The summed E-state index contributed by atoms with van der Waals surface area (Å²) in [5.41, 5.74) is 2.67. The van der Waals surface area contributed by atoms with E-state index in [0.717, 1.165) is 16.8 Å². The minimum Gasteiger partial charge on any atom is -0.302 e. The summed E-state index contributed by atoms with van der Waals surface area (Å²) in [5, 5.41) is 15.5. The molecule has 0 aliphatic carbocycles. The van der Waals surface area contributed by atoms with E-state index in [0.29, 0.717) is 32.7 Å². The number of halogens is 2. The third kappa shape index (κ3) is 5.10. The summed E-state index contributed by atoms with van der Waals surface area (Å²) in [6.07, 6.45) is 0. The number of thioether (sulfide) groups is 1. The maximum atomic E-state index is 12.4. The van der Waals surface area contributed by atoms with Gasteiger partial charge in [-0.2, -0.15) is 0 Å². The first-order chi connectivity index (χ1) is 15.0. The molecule has 6 nitrogen and oxygen atoms in total. The number of hydrogen-bond acceptors (Lipinski definition) is 6. The number of nitrogens with one attached hydrogen (secondary N) is 1. The SMILES string of the molecule is CCn1c(SCC(=O)Nc2nc(-c3ccccc3)cs2)nnc1-c1ccc(Cl)c(Cl)c1. The molecule has 0 spiro atoms. The average Bonchev–Trinajstić information content (AvgIpc) is 3.41. The first-order valence-electron chi connectivity index (χ1n) is 9.37. The minimum absolute atomic E-state index is 0.152. The summed E-state index contributed by atoms with van der Waals surface area (Å²) < 4.78 is 1.94. The summed E-state index contributed by atoms with van der Waals surface area (Å²) in [5.74, 6) is 0.719. The van der Waals surface area contributed by atoms with Gasteiger partial charge in [0.25, 0.3) is 0 Å². The Hall–Kier alpha value is -2.39. The van der Waals surface area contributed by atoms with Gasteiger partial charge in [0, 0.05) is 23.1 Å². The zero-order valence-corrected chi connectivity index (χ0v) is 19.5. The molecule has 0 aliphatic rings. The zero-order chi connectivity index (χ0) is 21.8. The van der Waals surface area contributed by atoms with Crippen LogP contribution in [0.5, 0.6) is 0 Å². The fraction of sp³-hybridized carbons (Fsp3) is 0.143. The molecule has 0 saturated heterocycles. The molecule has 0 atom stereocenters. The van der Waals surface area contributed by atoms with Crippen LogP contribution in [0, 0.1) is 0 Å². The highest BCUT2D eigenvalue weighted by atomic mass is 35.5. The van der Waals surface area contributed by atoms with Gasteiger partial charge in [0.15, 0.2) is 16.1 Å². The van der Waals surface area contributed by atoms with Crippen LogP contribution in [0.15, 0.2) is 59.1 Å². The lowest BCUT2D eigenvalue weighted by Gasteiger charge is -2.08. The van der Waals surface area contributed by atoms with E-state index in [-0.39, 0.29) is 11.7 Å². The Bertz CT molecular complexity index is 1210. The molecule has 0 saturated carbocycles. The summed E-state index contributed by atoms with van der Waals surface area (Å²) in [6, 6.07) is 15.2. The molecule has 4 aromatic rings. The van der Waals surface area contributed by atoms with E-state index < -0.39 is 0 Å². The highest BCUT2D eigenvalue weighted by Crippen LogP contribution is 2.30. The molecular weight excluding hydrogens is 473 g/mol. The summed E-state index contributed by atoms with van der Waals surface area (Å²) in [4.78, 5) is 16.9. The van der Waals surface area contributed by atoms with Crippen molar-refractivity contribution in [2.75, 3.05) is 11.1 Å². The molecule has 0 unspecified atom stereocenters. The van der Waals surface area contributed by atoms with E-state index in [1.807, 2.05) is 53.3 Å². The lowest BCUT2D eigenvalue weighted by atomic mass is 10.2. The van der Waals surface area contributed by atoms with Crippen molar-refractivity contribution in [1.82, 2.24) is 19.7 Å². The summed E-state index contributed by atoms with van der Waals surface area (Å²) >= 11 is 14.9. The van der Waals surface area contributed by atoms with Gasteiger partial charge >= 0.3 is 0 Å². The maximum absolute atomic E-state index is 12.4. The highest BCUT2D eigenvalue weighted by molar-refractivity contribution is 7.99. The van der Waals surface area contributed by atoms with Crippen molar-refractivity contribution in [3.8, 4) is 22.6 Å². The van der Waals surface area contributed by atoms with Crippen molar-refractivity contribution < 1.29 is 4.79 Å². The van der Waals surface area contributed by atoms with Crippen molar-refractivity contribution in [2.24, 2.45) is 0 Å². The maximum Gasteiger partial charge on any atom is 0.236 e. The molecule has 0 radical (unpaired) electrons. The Balaban J connectivity index is 1.41. The molecule has 158 valence electrons. The third-order valence-electron chi connectivity index (χ3n) is 4.36. The molecule has 0 fully saturated rings. The standard InChI is InChI=1S/C21H17Cl2N5OS2/c1-2-28-19(14-8-9-15(22)16(23)10-14)26-27-21(28)31-12-18(29)25-20-24-17(11-30-20)13-6-4-3-5-7-13/h3-11H,2,12H2,1H3,(H,24,25,29). The Kier molecular flexibility index (Phi) is 6.92. The fourth-order valence-corrected chi connectivity index (χ4v) is 4.72. The van der Waals surface area contributed by atoms with Crippen molar-refractivity contribution in [3.63, 3.8) is 0 Å². The van der Waals surface area contributed by atoms with Crippen molar-refractivity contribution in [2.45, 2.75) is 18.6 Å². The van der Waals surface area contributed by atoms with E-state index in [1.54, 1.807) is 12.1 Å². The molecule has 0 aliphatic heterocycles. The average molecular weight is 490 g/mol. The number of amides is 1. The van der Waals surface area contributed by atoms with E-state index in [9.17, 15) is 4.79 Å². The number of nitrogens with zero attached hydrogens (tertiary/aromatic N) is 4. The number of carbonyl (C=O) groups excluding carboxylic acids is 1. The van der Waals surface area contributed by atoms with Gasteiger partial charge in [-0.05, 0) is 25.1 Å². The van der Waals surface area contributed by atoms with E-state index in [4.69, 9.17) is 23.2 Å².